The van der Waals surface area contributed by atoms with Crippen molar-refractivity contribution >= 4 is 28.3 Å². The topological polar surface area (TPSA) is 69.6 Å². The molecule has 0 aliphatic carbocycles. The molecule has 0 aliphatic rings. The van der Waals surface area contributed by atoms with Crippen LogP contribution in [0.1, 0.15) is 22.8 Å². The van der Waals surface area contributed by atoms with Crippen LogP contribution in [0, 0.1) is 0 Å². The monoisotopic (exact) mass is 348 g/mol. The number of hydrogen-bond acceptors (Lipinski definition) is 3. The van der Waals surface area contributed by atoms with E-state index < -0.39 is 0 Å². The van der Waals surface area contributed by atoms with Crippen molar-refractivity contribution in [3.05, 3.63) is 71.8 Å². The molecule has 0 unspecified atom stereocenters. The molecule has 0 atom stereocenters. The minimum absolute atomic E-state index is 0.117. The molecule has 5 heteroatoms. The van der Waals surface area contributed by atoms with Crippen molar-refractivity contribution in [1.82, 2.24) is 4.90 Å². The summed E-state index contributed by atoms with van der Waals surface area (Å²) in [6.45, 7) is 1.80. The van der Waals surface area contributed by atoms with Gasteiger partial charge in [-0.25, -0.2) is 0 Å². The highest BCUT2D eigenvalue weighted by molar-refractivity contribution is 5.99. The lowest BCUT2D eigenvalue weighted by Crippen LogP contribution is -2.26. The fraction of sp³-hybridized carbons (Fsp3) is 0.143. The maximum Gasteiger partial charge on any atom is 0.257 e. The Morgan fingerprint density at radius 3 is 2.54 bits per heavy atom. The Kier molecular flexibility index (Phi) is 4.89. The molecule has 5 nitrogen and oxygen atoms in total. The van der Waals surface area contributed by atoms with Crippen molar-refractivity contribution in [2.75, 3.05) is 12.4 Å². The van der Waals surface area contributed by atoms with Gasteiger partial charge in [-0.2, -0.15) is 0 Å². The van der Waals surface area contributed by atoms with Gasteiger partial charge in [-0.05, 0) is 34.5 Å². The van der Waals surface area contributed by atoms with Crippen molar-refractivity contribution < 1.29 is 14.7 Å². The van der Waals surface area contributed by atoms with Crippen LogP contribution in [0.15, 0.2) is 60.7 Å². The highest BCUT2D eigenvalue weighted by Crippen LogP contribution is 2.25. The molecule has 3 aromatic rings. The summed E-state index contributed by atoms with van der Waals surface area (Å²) >= 11 is 0. The van der Waals surface area contributed by atoms with Crippen molar-refractivity contribution in [3.8, 4) is 5.75 Å². The molecule has 132 valence electrons. The maximum absolute atomic E-state index is 12.8. The Morgan fingerprint density at radius 2 is 1.77 bits per heavy atom. The molecule has 3 rings (SSSR count). The lowest BCUT2D eigenvalue weighted by molar-refractivity contribution is -0.114. The third-order valence-corrected chi connectivity index (χ3v) is 4.18. The second kappa shape index (κ2) is 7.27. The first-order valence-corrected chi connectivity index (χ1v) is 8.28. The van der Waals surface area contributed by atoms with Crippen molar-refractivity contribution in [3.63, 3.8) is 0 Å². The first kappa shape index (κ1) is 17.5. The lowest BCUT2D eigenvalue weighted by Gasteiger charge is -2.19. The summed E-state index contributed by atoms with van der Waals surface area (Å²) in [7, 11) is 1.69. The van der Waals surface area contributed by atoms with Crippen LogP contribution in [0.25, 0.3) is 10.8 Å². The molecule has 2 amide bonds. The number of phenolic OH excluding ortho intramolecular Hbond substituents is 1. The van der Waals surface area contributed by atoms with Crippen LogP contribution >= 0.6 is 0 Å². The zero-order valence-corrected chi connectivity index (χ0v) is 14.7. The lowest BCUT2D eigenvalue weighted by atomic mass is 10.0. The highest BCUT2D eigenvalue weighted by atomic mass is 16.3. The molecule has 0 aliphatic heterocycles. The predicted molar refractivity (Wildman–Crippen MR) is 102 cm³/mol. The van der Waals surface area contributed by atoms with E-state index in [4.69, 9.17) is 0 Å². The van der Waals surface area contributed by atoms with E-state index in [0.29, 0.717) is 12.2 Å². The van der Waals surface area contributed by atoms with E-state index in [1.807, 2.05) is 42.5 Å². The molecule has 0 aromatic heterocycles. The van der Waals surface area contributed by atoms with Crippen LogP contribution in [0.4, 0.5) is 5.69 Å². The average molecular weight is 348 g/mol. The zero-order chi connectivity index (χ0) is 18.7. The molecular formula is C21H20N2O3. The number of phenols is 1. The van der Waals surface area contributed by atoms with E-state index in [1.54, 1.807) is 18.0 Å². The second-order valence-corrected chi connectivity index (χ2v) is 6.21. The van der Waals surface area contributed by atoms with E-state index in [-0.39, 0.29) is 23.1 Å². The third-order valence-electron chi connectivity index (χ3n) is 4.18. The molecule has 0 radical (unpaired) electrons. The largest absolute Gasteiger partial charge is 0.507 e. The van der Waals surface area contributed by atoms with Gasteiger partial charge in [0.2, 0.25) is 5.91 Å². The Morgan fingerprint density at radius 1 is 1.04 bits per heavy atom. The number of carbonyl (C=O) groups excluding carboxylic acids is 2. The summed E-state index contributed by atoms with van der Waals surface area (Å²) in [5.74, 6) is -0.672. The zero-order valence-electron chi connectivity index (χ0n) is 14.7. The number of carbonyl (C=O) groups is 2. The van der Waals surface area contributed by atoms with Gasteiger partial charge in [0.25, 0.3) is 5.91 Å². The summed E-state index contributed by atoms with van der Waals surface area (Å²) in [6, 6.07) is 18.4. The van der Waals surface area contributed by atoms with Crippen LogP contribution in [-0.4, -0.2) is 28.9 Å². The fourth-order valence-electron chi connectivity index (χ4n) is 2.95. The fourth-order valence-corrected chi connectivity index (χ4v) is 2.95. The quantitative estimate of drug-likeness (QED) is 0.705. The van der Waals surface area contributed by atoms with Crippen molar-refractivity contribution in [2.24, 2.45) is 0 Å². The third kappa shape index (κ3) is 3.67. The summed E-state index contributed by atoms with van der Waals surface area (Å²) < 4.78 is 0. The van der Waals surface area contributed by atoms with Crippen molar-refractivity contribution in [1.29, 1.82) is 0 Å². The first-order chi connectivity index (χ1) is 12.5. The van der Waals surface area contributed by atoms with Crippen LogP contribution in [0.5, 0.6) is 5.75 Å². The van der Waals surface area contributed by atoms with Gasteiger partial charge < -0.3 is 15.3 Å². The van der Waals surface area contributed by atoms with Gasteiger partial charge in [-0.1, -0.05) is 42.5 Å². The molecule has 3 aromatic carbocycles. The average Bonchev–Trinajstić information content (AvgIpc) is 2.62. The normalized spacial score (nSPS) is 10.5. The van der Waals surface area contributed by atoms with E-state index >= 15 is 0 Å². The molecule has 0 saturated heterocycles. The van der Waals surface area contributed by atoms with Gasteiger partial charge in [0.05, 0.1) is 5.56 Å². The van der Waals surface area contributed by atoms with Crippen molar-refractivity contribution in [2.45, 2.75) is 13.5 Å². The van der Waals surface area contributed by atoms with Gasteiger partial charge in [-0.15, -0.1) is 0 Å². The molecule has 0 spiro atoms. The minimum atomic E-state index is -0.317. The summed E-state index contributed by atoms with van der Waals surface area (Å²) in [4.78, 5) is 25.6. The number of nitrogens with zero attached hydrogens (tertiary/aromatic N) is 1. The SMILES string of the molecule is CC(=O)Nc1ccc(O)c(C(=O)N(C)Cc2cccc3ccccc23)c1. The number of rotatable bonds is 4. The standard InChI is InChI=1S/C21H20N2O3/c1-14(24)22-17-10-11-20(25)19(12-17)21(26)23(2)13-16-8-5-7-15-6-3-4-9-18(15)16/h3-12,25H,13H2,1-2H3,(H,22,24). The highest BCUT2D eigenvalue weighted by Gasteiger charge is 2.17. The number of nitrogens with one attached hydrogen (secondary N) is 1. The van der Waals surface area contributed by atoms with Crippen LogP contribution < -0.4 is 5.32 Å². The van der Waals surface area contributed by atoms with Gasteiger partial charge in [0, 0.05) is 26.2 Å². The van der Waals surface area contributed by atoms with Gasteiger partial charge in [0.1, 0.15) is 5.75 Å². The molecular weight excluding hydrogens is 328 g/mol. The van der Waals surface area contributed by atoms with E-state index in [2.05, 4.69) is 5.32 Å². The Balaban J connectivity index is 1.87. The second-order valence-electron chi connectivity index (χ2n) is 6.21. The Labute approximate surface area is 151 Å². The summed E-state index contributed by atoms with van der Waals surface area (Å²) in [5.41, 5.74) is 1.65. The van der Waals surface area contributed by atoms with E-state index in [9.17, 15) is 14.7 Å². The van der Waals surface area contributed by atoms with Gasteiger partial charge >= 0.3 is 0 Å². The number of benzene rings is 3. The number of hydrogen-bond donors (Lipinski definition) is 2. The number of fused-ring (bicyclic) bond motifs is 1. The molecule has 0 heterocycles. The van der Waals surface area contributed by atoms with Crippen LogP contribution in [0.2, 0.25) is 0 Å². The molecule has 0 bridgehead atoms. The first-order valence-electron chi connectivity index (χ1n) is 8.28. The Hall–Kier alpha value is -3.34. The van der Waals surface area contributed by atoms with E-state index in [1.165, 1.54) is 19.1 Å². The molecule has 2 N–H and O–H groups in total. The molecule has 0 saturated carbocycles. The minimum Gasteiger partial charge on any atom is -0.507 e. The number of aromatic hydroxyl groups is 1. The molecule has 26 heavy (non-hydrogen) atoms. The molecule has 0 fully saturated rings. The Bertz CT molecular complexity index is 977. The summed E-state index contributed by atoms with van der Waals surface area (Å²) in [6.07, 6.45) is 0. The predicted octanol–water partition coefficient (Wildman–Crippen LogP) is 3.78. The van der Waals surface area contributed by atoms with Gasteiger partial charge in [-0.3, -0.25) is 9.59 Å². The maximum atomic E-state index is 12.8. The number of amides is 2. The van der Waals surface area contributed by atoms with Crippen LogP contribution in [0.3, 0.4) is 0 Å². The van der Waals surface area contributed by atoms with E-state index in [0.717, 1.165) is 16.3 Å². The van der Waals surface area contributed by atoms with Crippen LogP contribution in [-0.2, 0) is 11.3 Å². The van der Waals surface area contributed by atoms with Gasteiger partial charge in [0.15, 0.2) is 0 Å². The number of anilines is 1. The summed E-state index contributed by atoms with van der Waals surface area (Å²) in [5, 5.41) is 14.9. The smallest absolute Gasteiger partial charge is 0.257 e.